The van der Waals surface area contributed by atoms with E-state index in [0.717, 1.165) is 4.31 Å². The summed E-state index contributed by atoms with van der Waals surface area (Å²) in [5.74, 6) is -2.38. The van der Waals surface area contributed by atoms with Crippen LogP contribution in [0.2, 0.25) is 0 Å². The van der Waals surface area contributed by atoms with E-state index in [1.807, 2.05) is 0 Å². The summed E-state index contributed by atoms with van der Waals surface area (Å²) in [4.78, 5) is 21.9. The molecule has 0 aromatic rings. The smallest absolute Gasteiger partial charge is 0.321 e. The van der Waals surface area contributed by atoms with Crippen molar-refractivity contribution in [3.8, 4) is 0 Å². The lowest BCUT2D eigenvalue weighted by molar-refractivity contribution is -0.143. The van der Waals surface area contributed by atoms with Gasteiger partial charge >= 0.3 is 11.9 Å². The van der Waals surface area contributed by atoms with E-state index in [2.05, 4.69) is 9.46 Å². The minimum absolute atomic E-state index is 0.0759. The van der Waals surface area contributed by atoms with Gasteiger partial charge < -0.3 is 9.84 Å². The van der Waals surface area contributed by atoms with Crippen LogP contribution in [0.3, 0.4) is 0 Å². The summed E-state index contributed by atoms with van der Waals surface area (Å²) in [7, 11) is -3.84. The topological polar surface area (TPSA) is 113 Å². The molecular formula is C10H18N2O6S. The number of nitrogens with one attached hydrogen (secondary N) is 1. The number of carbonyl (C=O) groups is 2. The minimum Gasteiger partial charge on any atom is -0.481 e. The van der Waals surface area contributed by atoms with Gasteiger partial charge in [0.05, 0.1) is 12.5 Å². The Balaban J connectivity index is 2.56. The quantitative estimate of drug-likeness (QED) is 0.619. The van der Waals surface area contributed by atoms with E-state index in [-0.39, 0.29) is 19.7 Å². The maximum atomic E-state index is 11.9. The van der Waals surface area contributed by atoms with Crippen molar-refractivity contribution in [2.24, 2.45) is 5.92 Å². The molecule has 8 nitrogen and oxygen atoms in total. The molecule has 1 atom stereocenters. The second-order valence-electron chi connectivity index (χ2n) is 4.17. The predicted molar refractivity (Wildman–Crippen MR) is 65.5 cm³/mol. The highest BCUT2D eigenvalue weighted by molar-refractivity contribution is 7.87. The average Bonchev–Trinajstić information content (AvgIpc) is 2.37. The van der Waals surface area contributed by atoms with E-state index >= 15 is 0 Å². The largest absolute Gasteiger partial charge is 0.481 e. The van der Waals surface area contributed by atoms with Crippen LogP contribution in [0.4, 0.5) is 0 Å². The molecule has 19 heavy (non-hydrogen) atoms. The van der Waals surface area contributed by atoms with Gasteiger partial charge in [0, 0.05) is 13.1 Å². The van der Waals surface area contributed by atoms with Crippen LogP contribution in [-0.2, 0) is 24.5 Å². The maximum Gasteiger partial charge on any atom is 0.321 e. The number of carbonyl (C=O) groups excluding carboxylic acids is 1. The van der Waals surface area contributed by atoms with Gasteiger partial charge in [0.15, 0.2) is 0 Å². The summed E-state index contributed by atoms with van der Waals surface area (Å²) in [5, 5.41) is 8.89. The van der Waals surface area contributed by atoms with Crippen LogP contribution in [0.5, 0.6) is 0 Å². The van der Waals surface area contributed by atoms with Crippen molar-refractivity contribution in [1.82, 2.24) is 9.03 Å². The lowest BCUT2D eigenvalue weighted by Crippen LogP contribution is -2.48. The molecule has 2 N–H and O–H groups in total. The number of esters is 1. The van der Waals surface area contributed by atoms with Crippen LogP contribution >= 0.6 is 0 Å². The Morgan fingerprint density at radius 1 is 1.47 bits per heavy atom. The number of carboxylic acid groups (broad SMARTS) is 1. The molecule has 1 fully saturated rings. The minimum atomic E-state index is -3.84. The fraction of sp³-hybridized carbons (Fsp3) is 0.800. The Bertz CT molecular complexity index is 435. The lowest BCUT2D eigenvalue weighted by atomic mass is 10.0. The lowest BCUT2D eigenvalue weighted by Gasteiger charge is -2.29. The molecule has 1 unspecified atom stereocenters. The van der Waals surface area contributed by atoms with Crippen LogP contribution in [0.15, 0.2) is 0 Å². The van der Waals surface area contributed by atoms with Crippen LogP contribution in [0.25, 0.3) is 0 Å². The maximum absolute atomic E-state index is 11.9. The van der Waals surface area contributed by atoms with Crippen molar-refractivity contribution in [1.29, 1.82) is 0 Å². The van der Waals surface area contributed by atoms with Crippen molar-refractivity contribution < 1.29 is 27.9 Å². The van der Waals surface area contributed by atoms with Crippen LogP contribution in [-0.4, -0.2) is 56.0 Å². The second-order valence-corrected chi connectivity index (χ2v) is 5.92. The number of ether oxygens (including phenoxy) is 1. The Morgan fingerprint density at radius 2 is 2.16 bits per heavy atom. The molecule has 0 bridgehead atoms. The van der Waals surface area contributed by atoms with E-state index in [9.17, 15) is 18.0 Å². The molecule has 0 radical (unpaired) electrons. The van der Waals surface area contributed by atoms with E-state index in [0.29, 0.717) is 12.8 Å². The van der Waals surface area contributed by atoms with Gasteiger partial charge in [0.2, 0.25) is 0 Å². The Kier molecular flexibility index (Phi) is 5.70. The molecule has 1 rings (SSSR count). The Labute approximate surface area is 111 Å². The van der Waals surface area contributed by atoms with Gasteiger partial charge in [-0.2, -0.15) is 17.4 Å². The van der Waals surface area contributed by atoms with Gasteiger partial charge in [-0.1, -0.05) is 0 Å². The van der Waals surface area contributed by atoms with Crippen molar-refractivity contribution in [3.05, 3.63) is 0 Å². The van der Waals surface area contributed by atoms with Crippen LogP contribution < -0.4 is 4.72 Å². The molecule has 110 valence electrons. The van der Waals surface area contributed by atoms with Gasteiger partial charge in [-0.05, 0) is 19.8 Å². The number of hydrogen-bond donors (Lipinski definition) is 2. The fourth-order valence-electron chi connectivity index (χ4n) is 1.82. The number of hydrogen-bond acceptors (Lipinski definition) is 5. The van der Waals surface area contributed by atoms with Crippen LogP contribution in [0.1, 0.15) is 19.8 Å². The zero-order valence-corrected chi connectivity index (χ0v) is 11.5. The monoisotopic (exact) mass is 294 g/mol. The third kappa shape index (κ3) is 4.77. The highest BCUT2D eigenvalue weighted by atomic mass is 32.2. The summed E-state index contributed by atoms with van der Waals surface area (Å²) >= 11 is 0. The normalized spacial score (nSPS) is 21.0. The van der Waals surface area contributed by atoms with Gasteiger partial charge in [-0.15, -0.1) is 0 Å². The highest BCUT2D eigenvalue weighted by Gasteiger charge is 2.32. The number of rotatable bonds is 6. The first-order valence-electron chi connectivity index (χ1n) is 6.00. The molecule has 0 spiro atoms. The van der Waals surface area contributed by atoms with Gasteiger partial charge in [0.25, 0.3) is 10.2 Å². The molecule has 1 saturated heterocycles. The summed E-state index contributed by atoms with van der Waals surface area (Å²) in [5.41, 5.74) is 0. The first kappa shape index (κ1) is 15.9. The summed E-state index contributed by atoms with van der Waals surface area (Å²) in [6, 6.07) is 0. The first-order chi connectivity index (χ1) is 8.86. The number of carboxylic acids is 1. The molecule has 0 saturated carbocycles. The molecule has 1 aliphatic rings. The fourth-order valence-corrected chi connectivity index (χ4v) is 3.04. The van der Waals surface area contributed by atoms with Crippen molar-refractivity contribution in [3.63, 3.8) is 0 Å². The first-order valence-corrected chi connectivity index (χ1v) is 7.44. The molecular weight excluding hydrogens is 276 g/mol. The number of aliphatic carboxylic acids is 1. The van der Waals surface area contributed by atoms with E-state index < -0.39 is 34.6 Å². The second kappa shape index (κ2) is 6.83. The predicted octanol–water partition coefficient (Wildman–Crippen LogP) is -0.819. The third-order valence-electron chi connectivity index (χ3n) is 2.78. The number of piperidine rings is 1. The Hall–Kier alpha value is -1.19. The van der Waals surface area contributed by atoms with Crippen molar-refractivity contribution >= 4 is 22.1 Å². The zero-order chi connectivity index (χ0) is 14.5. The standard InChI is InChI=1S/C10H18N2O6S/c1-2-18-9(13)6-11-19(16,17)12-5-3-4-8(7-12)10(14)15/h8,11H,2-7H2,1H3,(H,14,15). The van der Waals surface area contributed by atoms with E-state index in [4.69, 9.17) is 5.11 Å². The van der Waals surface area contributed by atoms with Gasteiger partial charge in [-0.3, -0.25) is 9.59 Å². The van der Waals surface area contributed by atoms with Crippen molar-refractivity contribution in [2.75, 3.05) is 26.2 Å². The number of nitrogens with zero attached hydrogens (tertiary/aromatic N) is 1. The Morgan fingerprint density at radius 3 is 2.74 bits per heavy atom. The van der Waals surface area contributed by atoms with Gasteiger partial charge in [-0.25, -0.2) is 0 Å². The molecule has 0 amide bonds. The molecule has 1 heterocycles. The molecule has 0 aromatic heterocycles. The van der Waals surface area contributed by atoms with E-state index in [1.165, 1.54) is 0 Å². The molecule has 9 heteroatoms. The van der Waals surface area contributed by atoms with Crippen molar-refractivity contribution in [2.45, 2.75) is 19.8 Å². The average molecular weight is 294 g/mol. The molecule has 0 aliphatic carbocycles. The molecule has 1 aliphatic heterocycles. The summed E-state index contributed by atoms with van der Waals surface area (Å²) in [6.07, 6.45) is 0.941. The summed E-state index contributed by atoms with van der Waals surface area (Å²) in [6.45, 7) is 1.51. The third-order valence-corrected chi connectivity index (χ3v) is 4.30. The van der Waals surface area contributed by atoms with E-state index in [1.54, 1.807) is 6.92 Å². The summed E-state index contributed by atoms with van der Waals surface area (Å²) < 4.78 is 31.5. The molecule has 0 aromatic carbocycles. The highest BCUT2D eigenvalue weighted by Crippen LogP contribution is 2.18. The SMILES string of the molecule is CCOC(=O)CNS(=O)(=O)N1CCCC(C(=O)O)C1. The van der Waals surface area contributed by atoms with Gasteiger partial charge in [0.1, 0.15) is 6.54 Å². The van der Waals surface area contributed by atoms with Crippen LogP contribution in [0, 0.1) is 5.92 Å². The zero-order valence-electron chi connectivity index (χ0n) is 10.7.